The SMILES string of the molecule is O=S(=O)(F)c1cccc2c(Cl)ccc(Cl)c12. The number of hydrogen-bond acceptors (Lipinski definition) is 2. The van der Waals surface area contributed by atoms with Crippen LogP contribution in [0.25, 0.3) is 10.8 Å². The average molecular weight is 279 g/mol. The van der Waals surface area contributed by atoms with Crippen LogP contribution in [0, 0.1) is 0 Å². The summed E-state index contributed by atoms with van der Waals surface area (Å²) in [6.07, 6.45) is 0. The molecule has 6 heteroatoms. The molecule has 0 aliphatic carbocycles. The van der Waals surface area contributed by atoms with E-state index in [1.165, 1.54) is 18.2 Å². The number of rotatable bonds is 1. The van der Waals surface area contributed by atoms with Crippen LogP contribution in [0.4, 0.5) is 3.89 Å². The van der Waals surface area contributed by atoms with Gasteiger partial charge in [-0.1, -0.05) is 35.3 Å². The first kappa shape index (κ1) is 11.6. The van der Waals surface area contributed by atoms with Crippen molar-refractivity contribution in [2.24, 2.45) is 0 Å². The topological polar surface area (TPSA) is 34.1 Å². The molecule has 0 aliphatic rings. The first-order valence-electron chi connectivity index (χ1n) is 4.22. The lowest BCUT2D eigenvalue weighted by Crippen LogP contribution is -1.94. The number of halogens is 3. The fraction of sp³-hybridized carbons (Fsp3) is 0. The molecule has 0 atom stereocenters. The van der Waals surface area contributed by atoms with Crippen molar-refractivity contribution >= 4 is 44.2 Å². The fourth-order valence-electron chi connectivity index (χ4n) is 1.50. The molecule has 0 saturated carbocycles. The molecule has 0 spiro atoms. The zero-order valence-corrected chi connectivity index (χ0v) is 10.1. The minimum Gasteiger partial charge on any atom is -0.189 e. The number of hydrogen-bond donors (Lipinski definition) is 0. The second-order valence-corrected chi connectivity index (χ2v) is 5.28. The summed E-state index contributed by atoms with van der Waals surface area (Å²) in [5.41, 5.74) is 0. The van der Waals surface area contributed by atoms with Crippen molar-refractivity contribution in [3.05, 3.63) is 40.4 Å². The first-order valence-corrected chi connectivity index (χ1v) is 6.36. The summed E-state index contributed by atoms with van der Waals surface area (Å²) in [7, 11) is -4.81. The molecule has 0 aromatic heterocycles. The molecule has 2 nitrogen and oxygen atoms in total. The van der Waals surface area contributed by atoms with Gasteiger partial charge in [0.05, 0.1) is 0 Å². The predicted molar refractivity (Wildman–Crippen MR) is 62.3 cm³/mol. The summed E-state index contributed by atoms with van der Waals surface area (Å²) < 4.78 is 34.9. The summed E-state index contributed by atoms with van der Waals surface area (Å²) >= 11 is 11.7. The van der Waals surface area contributed by atoms with Crippen LogP contribution >= 0.6 is 23.2 Å². The van der Waals surface area contributed by atoms with Gasteiger partial charge in [0, 0.05) is 20.8 Å². The molecule has 2 aromatic rings. The van der Waals surface area contributed by atoms with Crippen LogP contribution in [0.5, 0.6) is 0 Å². The second kappa shape index (κ2) is 3.87. The van der Waals surface area contributed by atoms with E-state index in [1.54, 1.807) is 6.07 Å². The molecule has 0 saturated heterocycles. The van der Waals surface area contributed by atoms with Gasteiger partial charge in [-0.05, 0) is 18.2 Å². The molecular formula is C10H5Cl2FO2S. The third-order valence-corrected chi connectivity index (χ3v) is 3.67. The zero-order valence-electron chi connectivity index (χ0n) is 7.75. The van der Waals surface area contributed by atoms with Gasteiger partial charge in [-0.25, -0.2) is 0 Å². The number of fused-ring (bicyclic) bond motifs is 1. The molecule has 2 aromatic carbocycles. The van der Waals surface area contributed by atoms with E-state index in [1.807, 2.05) is 0 Å². The van der Waals surface area contributed by atoms with E-state index in [-0.39, 0.29) is 10.4 Å². The van der Waals surface area contributed by atoms with Crippen molar-refractivity contribution in [2.75, 3.05) is 0 Å². The monoisotopic (exact) mass is 278 g/mol. The van der Waals surface area contributed by atoms with Gasteiger partial charge in [-0.3, -0.25) is 0 Å². The third-order valence-electron chi connectivity index (χ3n) is 2.16. The Hall–Kier alpha value is -0.840. The van der Waals surface area contributed by atoms with Crippen molar-refractivity contribution in [3.63, 3.8) is 0 Å². The Labute approximate surface area is 102 Å². The molecule has 0 amide bonds. The van der Waals surface area contributed by atoms with Gasteiger partial charge in [-0.2, -0.15) is 8.42 Å². The molecular weight excluding hydrogens is 274 g/mol. The minimum absolute atomic E-state index is 0.110. The van der Waals surface area contributed by atoms with Crippen LogP contribution < -0.4 is 0 Å². The maximum absolute atomic E-state index is 13.0. The Morgan fingerprint density at radius 2 is 1.62 bits per heavy atom. The highest BCUT2D eigenvalue weighted by atomic mass is 35.5. The van der Waals surface area contributed by atoms with Crippen LogP contribution in [0.3, 0.4) is 0 Å². The second-order valence-electron chi connectivity index (χ2n) is 3.15. The van der Waals surface area contributed by atoms with Gasteiger partial charge in [0.15, 0.2) is 0 Å². The Kier molecular flexibility index (Phi) is 2.82. The highest BCUT2D eigenvalue weighted by Gasteiger charge is 2.18. The van der Waals surface area contributed by atoms with Crippen molar-refractivity contribution in [1.82, 2.24) is 0 Å². The summed E-state index contributed by atoms with van der Waals surface area (Å²) in [5.74, 6) is 0. The Morgan fingerprint density at radius 1 is 1.00 bits per heavy atom. The Morgan fingerprint density at radius 3 is 2.25 bits per heavy atom. The van der Waals surface area contributed by atoms with Gasteiger partial charge in [0.25, 0.3) is 0 Å². The normalized spacial score (nSPS) is 11.9. The van der Waals surface area contributed by atoms with Crippen LogP contribution in [0.2, 0.25) is 10.0 Å². The van der Waals surface area contributed by atoms with E-state index in [2.05, 4.69) is 0 Å². The van der Waals surface area contributed by atoms with Gasteiger partial charge >= 0.3 is 10.2 Å². The summed E-state index contributed by atoms with van der Waals surface area (Å²) in [6.45, 7) is 0. The molecule has 0 radical (unpaired) electrons. The summed E-state index contributed by atoms with van der Waals surface area (Å²) in [5, 5.41) is 0.994. The van der Waals surface area contributed by atoms with Crippen molar-refractivity contribution < 1.29 is 12.3 Å². The fourth-order valence-corrected chi connectivity index (χ4v) is 2.75. The lowest BCUT2D eigenvalue weighted by Gasteiger charge is -2.06. The molecule has 0 unspecified atom stereocenters. The molecule has 16 heavy (non-hydrogen) atoms. The van der Waals surface area contributed by atoms with Crippen LogP contribution in [-0.2, 0) is 10.2 Å². The van der Waals surface area contributed by atoms with Gasteiger partial charge < -0.3 is 0 Å². The molecule has 0 heterocycles. The van der Waals surface area contributed by atoms with Gasteiger partial charge in [0.1, 0.15) is 4.90 Å². The molecule has 2 rings (SSSR count). The summed E-state index contributed by atoms with van der Waals surface area (Å²) in [4.78, 5) is -0.461. The molecule has 0 N–H and O–H groups in total. The van der Waals surface area contributed by atoms with Crippen LogP contribution in [0.1, 0.15) is 0 Å². The van der Waals surface area contributed by atoms with E-state index in [0.29, 0.717) is 10.4 Å². The quantitative estimate of drug-likeness (QED) is 0.744. The predicted octanol–water partition coefficient (Wildman–Crippen LogP) is 3.80. The van der Waals surface area contributed by atoms with Crippen molar-refractivity contribution in [1.29, 1.82) is 0 Å². The smallest absolute Gasteiger partial charge is 0.189 e. The maximum Gasteiger partial charge on any atom is 0.332 e. The zero-order chi connectivity index (χ0) is 11.9. The van der Waals surface area contributed by atoms with E-state index in [4.69, 9.17) is 23.2 Å². The van der Waals surface area contributed by atoms with Gasteiger partial charge in [0.2, 0.25) is 0 Å². The van der Waals surface area contributed by atoms with E-state index in [0.717, 1.165) is 6.07 Å². The Bertz CT molecular complexity index is 668. The van der Waals surface area contributed by atoms with Crippen LogP contribution in [0.15, 0.2) is 35.2 Å². The van der Waals surface area contributed by atoms with Crippen LogP contribution in [-0.4, -0.2) is 8.42 Å². The van der Waals surface area contributed by atoms with Gasteiger partial charge in [-0.15, -0.1) is 3.89 Å². The standard InChI is InChI=1S/C10H5Cl2FO2S/c11-7-4-5-8(12)10-6(7)2-1-3-9(10)16(13,14)15/h1-5H. The van der Waals surface area contributed by atoms with Crippen molar-refractivity contribution in [2.45, 2.75) is 4.90 Å². The van der Waals surface area contributed by atoms with E-state index < -0.39 is 15.1 Å². The van der Waals surface area contributed by atoms with E-state index >= 15 is 0 Å². The first-order chi connectivity index (χ1) is 7.41. The molecule has 84 valence electrons. The minimum atomic E-state index is -4.81. The lowest BCUT2D eigenvalue weighted by atomic mass is 10.1. The largest absolute Gasteiger partial charge is 0.332 e. The van der Waals surface area contributed by atoms with Crippen molar-refractivity contribution in [3.8, 4) is 0 Å². The maximum atomic E-state index is 13.0. The molecule has 0 aliphatic heterocycles. The Balaban J connectivity index is 3.04. The highest BCUT2D eigenvalue weighted by Crippen LogP contribution is 2.34. The third kappa shape index (κ3) is 1.88. The average Bonchev–Trinajstić information content (AvgIpc) is 2.22. The lowest BCUT2D eigenvalue weighted by molar-refractivity contribution is 0.553. The number of benzene rings is 2. The highest BCUT2D eigenvalue weighted by molar-refractivity contribution is 7.86. The molecule has 0 fully saturated rings. The summed E-state index contributed by atoms with van der Waals surface area (Å²) in [6, 6.07) is 7.11. The molecule has 0 bridgehead atoms. The van der Waals surface area contributed by atoms with E-state index in [9.17, 15) is 12.3 Å².